The third kappa shape index (κ3) is 8.44. The minimum absolute atomic E-state index is 0.0257. The van der Waals surface area contributed by atoms with E-state index in [-0.39, 0.29) is 59.5 Å². The van der Waals surface area contributed by atoms with Gasteiger partial charge in [-0.1, -0.05) is 141 Å². The van der Waals surface area contributed by atoms with Crippen LogP contribution < -0.4 is 0 Å². The van der Waals surface area contributed by atoms with E-state index in [0.29, 0.717) is 18.5 Å². The lowest BCUT2D eigenvalue weighted by Crippen LogP contribution is -2.38. The number of fused-ring (bicyclic) bond motifs is 10. The summed E-state index contributed by atoms with van der Waals surface area (Å²) in [4.78, 5) is 55.7. The van der Waals surface area contributed by atoms with Gasteiger partial charge in [-0.25, -0.2) is 0 Å². The molecule has 4 bridgehead atoms. The number of rotatable bonds is 26. The van der Waals surface area contributed by atoms with Crippen LogP contribution in [0, 0.1) is 29.1 Å². The van der Waals surface area contributed by atoms with Crippen molar-refractivity contribution >= 4 is 23.6 Å². The van der Waals surface area contributed by atoms with Crippen LogP contribution in [0.15, 0.2) is 24.3 Å². The molecule has 6 rings (SSSR count). The monoisotopic (exact) mass is 735 g/mol. The Kier molecular flexibility index (Phi) is 13.4. The summed E-state index contributed by atoms with van der Waals surface area (Å²) < 4.78 is 11.9. The number of carbonyl (C=O) groups excluding carboxylic acids is 4. The molecule has 53 heavy (non-hydrogen) atoms. The van der Waals surface area contributed by atoms with Gasteiger partial charge in [-0.05, 0) is 57.8 Å². The molecule has 0 spiro atoms. The van der Waals surface area contributed by atoms with Crippen molar-refractivity contribution in [2.24, 2.45) is 29.1 Å². The molecule has 0 aromatic carbocycles. The van der Waals surface area contributed by atoms with Crippen LogP contribution in [0.1, 0.15) is 169 Å². The van der Waals surface area contributed by atoms with Gasteiger partial charge < -0.3 is 9.47 Å². The highest BCUT2D eigenvalue weighted by Crippen LogP contribution is 2.52. The Morgan fingerprint density at radius 1 is 0.509 bits per heavy atom. The van der Waals surface area contributed by atoms with Gasteiger partial charge in [0, 0.05) is 13.1 Å². The van der Waals surface area contributed by atoms with Crippen molar-refractivity contribution in [1.82, 2.24) is 9.80 Å². The number of likely N-dealkylation sites (tertiary alicyclic amines) is 2. The van der Waals surface area contributed by atoms with Gasteiger partial charge in [0.25, 0.3) is 0 Å². The lowest BCUT2D eigenvalue weighted by Gasteiger charge is -2.35. The molecule has 0 aromatic heterocycles. The zero-order valence-electron chi connectivity index (χ0n) is 33.6. The number of hydrogen-bond acceptors (Lipinski definition) is 6. The molecule has 4 fully saturated rings. The number of carbonyl (C=O) groups is 4. The van der Waals surface area contributed by atoms with Crippen molar-refractivity contribution in [1.29, 1.82) is 0 Å². The number of hydrogen-bond donors (Lipinski definition) is 0. The first-order valence-electron chi connectivity index (χ1n) is 22.0. The number of ether oxygens (including phenoxy) is 2. The molecule has 0 aromatic rings. The SMILES string of the molecule is CCCCCCC(CCCCCC)(CCCCCCCN1C(=O)C2C3C=CC(C)(O3)C2C1=O)CCCCCCCN1C(=O)C2C3C=CC(C)(O3)C2C1=O. The Morgan fingerprint density at radius 2 is 0.849 bits per heavy atom. The molecule has 8 atom stereocenters. The maximum absolute atomic E-state index is 13.2. The first-order chi connectivity index (χ1) is 25.6. The summed E-state index contributed by atoms with van der Waals surface area (Å²) in [5.41, 5.74) is -0.795. The van der Waals surface area contributed by atoms with Crippen LogP contribution >= 0.6 is 0 Å². The average Bonchev–Trinajstić information content (AvgIpc) is 3.96. The van der Waals surface area contributed by atoms with Gasteiger partial charge in [-0.15, -0.1) is 0 Å². The second-order valence-electron chi connectivity index (χ2n) is 18.1. The smallest absolute Gasteiger partial charge is 0.236 e. The molecule has 6 aliphatic heterocycles. The molecule has 0 saturated carbocycles. The van der Waals surface area contributed by atoms with Crippen LogP contribution in [0.25, 0.3) is 0 Å². The average molecular weight is 735 g/mol. The molecule has 4 saturated heterocycles. The zero-order chi connectivity index (χ0) is 37.6. The van der Waals surface area contributed by atoms with Gasteiger partial charge in [0.1, 0.15) is 0 Å². The van der Waals surface area contributed by atoms with E-state index in [9.17, 15) is 19.2 Å². The maximum atomic E-state index is 13.2. The van der Waals surface area contributed by atoms with Gasteiger partial charge in [-0.2, -0.15) is 0 Å². The predicted octanol–water partition coefficient (Wildman–Crippen LogP) is 9.25. The maximum Gasteiger partial charge on any atom is 0.236 e. The Bertz CT molecular complexity index is 1270. The van der Waals surface area contributed by atoms with Crippen molar-refractivity contribution in [3.8, 4) is 0 Å². The summed E-state index contributed by atoms with van der Waals surface area (Å²) in [5.74, 6) is -1.43. The lowest BCUT2D eigenvalue weighted by atomic mass is 9.70. The topological polar surface area (TPSA) is 93.2 Å². The second-order valence-corrected chi connectivity index (χ2v) is 18.1. The Labute approximate surface area is 320 Å². The van der Waals surface area contributed by atoms with E-state index in [4.69, 9.17) is 9.47 Å². The molecule has 296 valence electrons. The first kappa shape index (κ1) is 40.3. The van der Waals surface area contributed by atoms with Gasteiger partial charge in [0.15, 0.2) is 0 Å². The standard InChI is InChI=1S/C45H70N2O6/c1-5-7-9-17-25-45(26-18-10-8-6-2,27-19-13-11-15-21-31-46-39(48)35-33-23-29-43(3,52-33)37(35)41(46)50)28-20-14-12-16-22-32-47-40(49)36-34-24-30-44(4,53-34)38(36)42(47)51/h23-24,29-30,33-38H,5-22,25-28,31-32H2,1-4H3. The highest BCUT2D eigenvalue weighted by atomic mass is 16.5. The highest BCUT2D eigenvalue weighted by molar-refractivity contribution is 6.07. The van der Waals surface area contributed by atoms with E-state index < -0.39 is 11.2 Å². The van der Waals surface area contributed by atoms with Crippen LogP contribution in [-0.4, -0.2) is 69.9 Å². The summed E-state index contributed by atoms with van der Waals surface area (Å²) >= 11 is 0. The van der Waals surface area contributed by atoms with Gasteiger partial charge in [0.05, 0.1) is 47.1 Å². The lowest BCUT2D eigenvalue weighted by molar-refractivity contribution is -0.145. The number of imide groups is 2. The molecular weight excluding hydrogens is 665 g/mol. The summed E-state index contributed by atoms with van der Waals surface area (Å²) in [6.45, 7) is 9.58. The van der Waals surface area contributed by atoms with Crippen molar-refractivity contribution in [2.45, 2.75) is 192 Å². The molecule has 0 N–H and O–H groups in total. The van der Waals surface area contributed by atoms with Crippen LogP contribution in [0.4, 0.5) is 0 Å². The predicted molar refractivity (Wildman–Crippen MR) is 208 cm³/mol. The Balaban J connectivity index is 0.916. The van der Waals surface area contributed by atoms with Crippen molar-refractivity contribution in [3.63, 3.8) is 0 Å². The summed E-state index contributed by atoms with van der Waals surface area (Å²) in [6, 6.07) is 0. The van der Waals surface area contributed by atoms with E-state index in [1.54, 1.807) is 9.80 Å². The molecular formula is C45H70N2O6. The largest absolute Gasteiger partial charge is 0.362 e. The second kappa shape index (κ2) is 17.6. The highest BCUT2D eigenvalue weighted by Gasteiger charge is 2.66. The third-order valence-electron chi connectivity index (χ3n) is 14.1. The zero-order valence-corrected chi connectivity index (χ0v) is 33.6. The molecule has 4 amide bonds. The Morgan fingerprint density at radius 3 is 1.21 bits per heavy atom. The normalized spacial score (nSPS) is 32.4. The van der Waals surface area contributed by atoms with Crippen LogP contribution in [-0.2, 0) is 28.7 Å². The molecule has 8 unspecified atom stereocenters. The summed E-state index contributed by atoms with van der Waals surface area (Å²) in [7, 11) is 0. The van der Waals surface area contributed by atoms with E-state index in [1.165, 1.54) is 103 Å². The van der Waals surface area contributed by atoms with E-state index >= 15 is 0 Å². The molecule has 8 heteroatoms. The minimum Gasteiger partial charge on any atom is -0.362 e. The fourth-order valence-corrected chi connectivity index (χ4v) is 11.1. The summed E-state index contributed by atoms with van der Waals surface area (Å²) in [6.07, 6.45) is 34.4. The van der Waals surface area contributed by atoms with Gasteiger partial charge in [-0.3, -0.25) is 29.0 Å². The van der Waals surface area contributed by atoms with Crippen molar-refractivity contribution in [2.75, 3.05) is 13.1 Å². The first-order valence-corrected chi connectivity index (χ1v) is 22.0. The molecule has 0 radical (unpaired) electrons. The molecule has 6 heterocycles. The van der Waals surface area contributed by atoms with Crippen molar-refractivity contribution in [3.05, 3.63) is 24.3 Å². The molecule has 6 aliphatic rings. The quantitative estimate of drug-likeness (QED) is 0.0500. The number of unbranched alkanes of at least 4 members (excludes halogenated alkanes) is 14. The molecule has 0 aliphatic carbocycles. The molecule has 8 nitrogen and oxygen atoms in total. The van der Waals surface area contributed by atoms with Crippen molar-refractivity contribution < 1.29 is 28.7 Å². The van der Waals surface area contributed by atoms with Crippen LogP contribution in [0.2, 0.25) is 0 Å². The van der Waals surface area contributed by atoms with Gasteiger partial charge in [0.2, 0.25) is 23.6 Å². The summed E-state index contributed by atoms with van der Waals surface area (Å²) in [5, 5.41) is 0. The Hall–Kier alpha value is -2.32. The third-order valence-corrected chi connectivity index (χ3v) is 14.1. The van der Waals surface area contributed by atoms with Crippen LogP contribution in [0.3, 0.4) is 0 Å². The van der Waals surface area contributed by atoms with E-state index in [2.05, 4.69) is 13.8 Å². The van der Waals surface area contributed by atoms with E-state index in [1.807, 2.05) is 38.2 Å². The minimum atomic E-state index is -0.611. The number of nitrogens with zero attached hydrogens (tertiary/aromatic N) is 2. The van der Waals surface area contributed by atoms with Gasteiger partial charge >= 0.3 is 0 Å². The fraction of sp³-hybridized carbons (Fsp3) is 0.822. The number of amides is 4. The van der Waals surface area contributed by atoms with E-state index in [0.717, 1.165) is 38.5 Å². The fourth-order valence-electron chi connectivity index (χ4n) is 11.1. The van der Waals surface area contributed by atoms with Crippen LogP contribution in [0.5, 0.6) is 0 Å².